The molecule has 0 aromatic heterocycles. The lowest BCUT2D eigenvalue weighted by Gasteiger charge is -2.29. The molecule has 3 rings (SSSR count). The lowest BCUT2D eigenvalue weighted by Crippen LogP contribution is -2.58. The number of hydrogen-bond donors (Lipinski definition) is 1. The second-order valence-electron chi connectivity index (χ2n) is 9.00. The summed E-state index contributed by atoms with van der Waals surface area (Å²) < 4.78 is 73.9. The quantitative estimate of drug-likeness (QED) is 0.542. The molecule has 0 spiro atoms. The number of nitrogens with one attached hydrogen (secondary N) is 1. The molecule has 1 amide bonds. The Balaban J connectivity index is 1.71. The van der Waals surface area contributed by atoms with Crippen LogP contribution in [0.3, 0.4) is 0 Å². The van der Waals surface area contributed by atoms with E-state index in [4.69, 9.17) is 4.74 Å². The van der Waals surface area contributed by atoms with Gasteiger partial charge in [-0.05, 0) is 52.2 Å². The summed E-state index contributed by atoms with van der Waals surface area (Å²) in [5.41, 5.74) is -4.71. The molecule has 0 radical (unpaired) electrons. The highest BCUT2D eigenvalue weighted by Gasteiger charge is 2.67. The van der Waals surface area contributed by atoms with Crippen molar-refractivity contribution in [2.75, 3.05) is 0 Å². The molecular formula is C21H23F5N2O4. The van der Waals surface area contributed by atoms with Gasteiger partial charge in [-0.3, -0.25) is 9.59 Å². The Kier molecular flexibility index (Phi) is 6.23. The Hall–Kier alpha value is -2.72. The van der Waals surface area contributed by atoms with Gasteiger partial charge in [-0.15, -0.1) is 0 Å². The van der Waals surface area contributed by atoms with Crippen LogP contribution in [0.1, 0.15) is 52.0 Å². The van der Waals surface area contributed by atoms with Crippen LogP contribution in [0, 0.1) is 17.6 Å². The van der Waals surface area contributed by atoms with Crippen molar-refractivity contribution in [3.63, 3.8) is 0 Å². The average molecular weight is 462 g/mol. The third-order valence-electron chi connectivity index (χ3n) is 5.26. The maximum absolute atomic E-state index is 13.9. The molecular weight excluding hydrogens is 439 g/mol. The second kappa shape index (κ2) is 8.32. The third-order valence-corrected chi connectivity index (χ3v) is 5.26. The zero-order valence-corrected chi connectivity index (χ0v) is 17.7. The van der Waals surface area contributed by atoms with Crippen LogP contribution >= 0.6 is 0 Å². The van der Waals surface area contributed by atoms with Gasteiger partial charge in [0.15, 0.2) is 0 Å². The van der Waals surface area contributed by atoms with Gasteiger partial charge in [0.1, 0.15) is 17.2 Å². The van der Waals surface area contributed by atoms with Crippen LogP contribution in [-0.2, 0) is 19.2 Å². The molecule has 0 saturated heterocycles. The Morgan fingerprint density at radius 2 is 1.75 bits per heavy atom. The van der Waals surface area contributed by atoms with E-state index in [0.717, 1.165) is 12.1 Å². The van der Waals surface area contributed by atoms with E-state index in [-0.39, 0.29) is 18.4 Å². The largest absolute Gasteiger partial charge is 0.460 e. The minimum atomic E-state index is -5.16. The van der Waals surface area contributed by atoms with Gasteiger partial charge in [0, 0.05) is 17.7 Å². The van der Waals surface area contributed by atoms with Crippen LogP contribution in [-0.4, -0.2) is 41.0 Å². The normalized spacial score (nSPS) is 25.8. The minimum Gasteiger partial charge on any atom is -0.460 e. The molecule has 1 aromatic carbocycles. The first-order chi connectivity index (χ1) is 14.7. The molecule has 1 heterocycles. The lowest BCUT2D eigenvalue weighted by atomic mass is 9.92. The number of carbonyl (C=O) groups is 2. The number of carbonyl (C=O) groups excluding carboxylic acids is 2. The van der Waals surface area contributed by atoms with E-state index in [1.165, 1.54) is 0 Å². The second-order valence-corrected chi connectivity index (χ2v) is 9.00. The van der Waals surface area contributed by atoms with Crippen molar-refractivity contribution < 1.29 is 41.1 Å². The monoisotopic (exact) mass is 462 g/mol. The molecule has 1 fully saturated rings. The van der Waals surface area contributed by atoms with E-state index in [0.29, 0.717) is 12.5 Å². The summed E-state index contributed by atoms with van der Waals surface area (Å²) in [5, 5.41) is 5.61. The molecule has 1 aliphatic carbocycles. The first-order valence-corrected chi connectivity index (χ1v) is 10.0. The third kappa shape index (κ3) is 5.02. The van der Waals surface area contributed by atoms with Gasteiger partial charge in [0.2, 0.25) is 0 Å². The van der Waals surface area contributed by atoms with E-state index >= 15 is 0 Å². The highest BCUT2D eigenvalue weighted by molar-refractivity contribution is 6.05. The van der Waals surface area contributed by atoms with Crippen molar-refractivity contribution in [2.24, 2.45) is 11.1 Å². The number of amides is 1. The standard InChI is InChI=1S/C21H23F5N2O4/c1-19(2,3)31-17(29)11-4-5-15(8-11)27-18(30)20(21(24,25)26)10-16(28-32-20)12-6-13(22)9-14(23)7-12/h6-7,9,11,15H,4-5,8,10H2,1-3H3,(H,27,30)/t11-,15?,20+/m0/s1. The molecule has 32 heavy (non-hydrogen) atoms. The number of nitrogens with zero attached hydrogens (tertiary/aromatic N) is 1. The summed E-state index contributed by atoms with van der Waals surface area (Å²) >= 11 is 0. The van der Waals surface area contributed by atoms with E-state index < -0.39 is 65.0 Å². The molecule has 2 aliphatic rings. The summed E-state index contributed by atoms with van der Waals surface area (Å²) in [4.78, 5) is 29.5. The average Bonchev–Trinajstić information content (AvgIpc) is 3.26. The fraction of sp³-hybridized carbons (Fsp3) is 0.571. The van der Waals surface area contributed by atoms with Crippen molar-refractivity contribution in [1.82, 2.24) is 5.32 Å². The summed E-state index contributed by atoms with van der Waals surface area (Å²) in [6.45, 7) is 5.10. The maximum atomic E-state index is 13.9. The fourth-order valence-corrected chi connectivity index (χ4v) is 3.72. The van der Waals surface area contributed by atoms with Crippen molar-refractivity contribution in [3.05, 3.63) is 35.4 Å². The predicted octanol–water partition coefficient (Wildman–Crippen LogP) is 4.02. The summed E-state index contributed by atoms with van der Waals surface area (Å²) in [5.74, 6) is -4.51. The van der Waals surface area contributed by atoms with Gasteiger partial charge in [-0.1, -0.05) is 5.16 Å². The van der Waals surface area contributed by atoms with Gasteiger partial charge < -0.3 is 14.9 Å². The fourth-order valence-electron chi connectivity index (χ4n) is 3.72. The molecule has 11 heteroatoms. The smallest absolute Gasteiger partial charge is 0.440 e. The van der Waals surface area contributed by atoms with E-state index in [9.17, 15) is 31.5 Å². The van der Waals surface area contributed by atoms with E-state index in [2.05, 4.69) is 15.3 Å². The summed E-state index contributed by atoms with van der Waals surface area (Å²) in [7, 11) is 0. The zero-order chi connectivity index (χ0) is 23.9. The van der Waals surface area contributed by atoms with E-state index in [1.54, 1.807) is 20.8 Å². The first kappa shape index (κ1) is 23.9. The van der Waals surface area contributed by atoms with Crippen LogP contribution in [0.25, 0.3) is 0 Å². The Labute approximate surface area is 181 Å². The summed E-state index contributed by atoms with van der Waals surface area (Å²) in [6, 6.07) is 1.47. The van der Waals surface area contributed by atoms with Crippen LogP contribution in [0.5, 0.6) is 0 Å². The van der Waals surface area contributed by atoms with Gasteiger partial charge >= 0.3 is 17.7 Å². The van der Waals surface area contributed by atoms with Gasteiger partial charge in [-0.2, -0.15) is 13.2 Å². The maximum Gasteiger partial charge on any atom is 0.440 e. The number of halogens is 5. The number of benzene rings is 1. The van der Waals surface area contributed by atoms with Gasteiger partial charge in [-0.25, -0.2) is 8.78 Å². The zero-order valence-electron chi connectivity index (χ0n) is 17.7. The molecule has 1 N–H and O–H groups in total. The van der Waals surface area contributed by atoms with E-state index in [1.807, 2.05) is 0 Å². The Morgan fingerprint density at radius 3 is 2.31 bits per heavy atom. The predicted molar refractivity (Wildman–Crippen MR) is 102 cm³/mol. The number of alkyl halides is 3. The Morgan fingerprint density at radius 1 is 1.12 bits per heavy atom. The van der Waals surface area contributed by atoms with Gasteiger partial charge in [0.05, 0.1) is 18.1 Å². The molecule has 1 aliphatic heterocycles. The van der Waals surface area contributed by atoms with Crippen LogP contribution in [0.15, 0.2) is 23.4 Å². The van der Waals surface area contributed by atoms with Crippen molar-refractivity contribution in [2.45, 2.75) is 69.9 Å². The number of ether oxygens (including phenoxy) is 1. The first-order valence-electron chi connectivity index (χ1n) is 10.0. The van der Waals surface area contributed by atoms with Crippen LogP contribution < -0.4 is 5.32 Å². The number of oxime groups is 1. The van der Waals surface area contributed by atoms with Crippen LogP contribution in [0.4, 0.5) is 22.0 Å². The number of esters is 1. The molecule has 1 saturated carbocycles. The highest BCUT2D eigenvalue weighted by Crippen LogP contribution is 2.42. The number of hydrogen-bond acceptors (Lipinski definition) is 5. The summed E-state index contributed by atoms with van der Waals surface area (Å²) in [6.07, 6.45) is -5.45. The molecule has 6 nitrogen and oxygen atoms in total. The SMILES string of the molecule is CC(C)(C)OC(=O)[C@H]1CCC(NC(=O)[C@@]2(C(F)(F)F)CC(c3cc(F)cc(F)c3)=NO2)C1. The molecule has 3 atom stereocenters. The van der Waals surface area contributed by atoms with Crippen LogP contribution in [0.2, 0.25) is 0 Å². The lowest BCUT2D eigenvalue weighted by molar-refractivity contribution is -0.259. The molecule has 1 unspecified atom stereocenters. The molecule has 176 valence electrons. The molecule has 0 bridgehead atoms. The minimum absolute atomic E-state index is 0.122. The Bertz CT molecular complexity index is 921. The van der Waals surface area contributed by atoms with Crippen molar-refractivity contribution in [3.8, 4) is 0 Å². The van der Waals surface area contributed by atoms with Gasteiger partial charge in [0.25, 0.3) is 5.91 Å². The highest BCUT2D eigenvalue weighted by atomic mass is 19.4. The number of rotatable bonds is 4. The van der Waals surface area contributed by atoms with Crippen molar-refractivity contribution in [1.29, 1.82) is 0 Å². The topological polar surface area (TPSA) is 77.0 Å². The van der Waals surface area contributed by atoms with Crippen molar-refractivity contribution >= 4 is 17.6 Å². The molecule has 1 aromatic rings.